The van der Waals surface area contributed by atoms with Crippen LogP contribution in [0.2, 0.25) is 0 Å². The Morgan fingerprint density at radius 2 is 1.84 bits per heavy atom. The molecule has 1 aromatic heterocycles. The Kier molecular flexibility index (Phi) is 8.23. The standard InChI is InChI=1S/C24H28N4O2.ClH/c29-24(26-30)13-10-20-8-11-22-21(18-20)25-23(12-9-19-6-2-1-3-7-19)28(22)17-16-27-14-4-5-15-27;/h1-3,6-8,10-11,13,18,30H,4-5,9,12,14-17H2,(H,26,29);1H/b13-10+;. The number of halogens is 1. The van der Waals surface area contributed by atoms with E-state index in [4.69, 9.17) is 10.2 Å². The van der Waals surface area contributed by atoms with Gasteiger partial charge in [0.05, 0.1) is 11.0 Å². The smallest absolute Gasteiger partial charge is 0.267 e. The maximum Gasteiger partial charge on any atom is 0.267 e. The third-order valence-electron chi connectivity index (χ3n) is 5.71. The number of likely N-dealkylation sites (tertiary alicyclic amines) is 1. The van der Waals surface area contributed by atoms with Crippen LogP contribution in [0.1, 0.15) is 29.8 Å². The molecule has 4 rings (SSSR count). The van der Waals surface area contributed by atoms with E-state index in [2.05, 4.69) is 39.8 Å². The second-order valence-electron chi connectivity index (χ2n) is 7.77. The van der Waals surface area contributed by atoms with Gasteiger partial charge in [0, 0.05) is 25.6 Å². The highest BCUT2D eigenvalue weighted by atomic mass is 35.5. The molecule has 0 unspecified atom stereocenters. The van der Waals surface area contributed by atoms with Crippen LogP contribution < -0.4 is 5.48 Å². The molecule has 164 valence electrons. The Morgan fingerprint density at radius 1 is 1.06 bits per heavy atom. The van der Waals surface area contributed by atoms with Gasteiger partial charge in [0.1, 0.15) is 5.82 Å². The Bertz CT molecular complexity index is 1030. The number of imidazole rings is 1. The van der Waals surface area contributed by atoms with E-state index in [1.54, 1.807) is 11.6 Å². The Morgan fingerprint density at radius 3 is 2.58 bits per heavy atom. The summed E-state index contributed by atoms with van der Waals surface area (Å²) in [4.78, 5) is 18.7. The highest BCUT2D eigenvalue weighted by Gasteiger charge is 2.15. The molecular weight excluding hydrogens is 412 g/mol. The third-order valence-corrected chi connectivity index (χ3v) is 5.71. The van der Waals surface area contributed by atoms with Crippen molar-refractivity contribution in [3.8, 4) is 0 Å². The van der Waals surface area contributed by atoms with Gasteiger partial charge in [0.15, 0.2) is 0 Å². The zero-order valence-electron chi connectivity index (χ0n) is 17.5. The molecule has 1 saturated heterocycles. The molecule has 7 heteroatoms. The highest BCUT2D eigenvalue weighted by Crippen LogP contribution is 2.21. The van der Waals surface area contributed by atoms with Gasteiger partial charge >= 0.3 is 0 Å². The van der Waals surface area contributed by atoms with Crippen molar-refractivity contribution in [3.63, 3.8) is 0 Å². The minimum Gasteiger partial charge on any atom is -0.327 e. The maximum atomic E-state index is 11.3. The Labute approximate surface area is 189 Å². The number of hydrogen-bond donors (Lipinski definition) is 2. The number of benzene rings is 2. The Hall–Kier alpha value is -2.67. The van der Waals surface area contributed by atoms with Crippen LogP contribution in [0.3, 0.4) is 0 Å². The van der Waals surface area contributed by atoms with Gasteiger partial charge in [0.25, 0.3) is 5.91 Å². The first kappa shape index (κ1) is 23.0. The van der Waals surface area contributed by atoms with Crippen molar-refractivity contribution in [1.82, 2.24) is 19.9 Å². The molecule has 0 aliphatic carbocycles. The summed E-state index contributed by atoms with van der Waals surface area (Å²) in [6.07, 6.45) is 7.42. The summed E-state index contributed by atoms with van der Waals surface area (Å²) in [6, 6.07) is 16.6. The topological polar surface area (TPSA) is 70.4 Å². The van der Waals surface area contributed by atoms with E-state index in [1.807, 2.05) is 18.2 Å². The molecule has 1 aliphatic heterocycles. The van der Waals surface area contributed by atoms with Gasteiger partial charge in [-0.1, -0.05) is 36.4 Å². The van der Waals surface area contributed by atoms with Crippen LogP contribution in [-0.2, 0) is 24.2 Å². The molecule has 3 aromatic rings. The zero-order chi connectivity index (χ0) is 20.8. The monoisotopic (exact) mass is 440 g/mol. The van der Waals surface area contributed by atoms with Gasteiger partial charge in [-0.3, -0.25) is 10.0 Å². The van der Waals surface area contributed by atoms with Crippen molar-refractivity contribution >= 4 is 35.4 Å². The summed E-state index contributed by atoms with van der Waals surface area (Å²) >= 11 is 0. The predicted octanol–water partition coefficient (Wildman–Crippen LogP) is 3.86. The highest BCUT2D eigenvalue weighted by molar-refractivity contribution is 5.91. The first-order valence-corrected chi connectivity index (χ1v) is 10.6. The summed E-state index contributed by atoms with van der Waals surface area (Å²) < 4.78 is 2.35. The van der Waals surface area contributed by atoms with Crippen molar-refractivity contribution in [3.05, 3.63) is 71.6 Å². The molecule has 2 heterocycles. The zero-order valence-corrected chi connectivity index (χ0v) is 18.4. The van der Waals surface area contributed by atoms with E-state index < -0.39 is 5.91 Å². The van der Waals surface area contributed by atoms with Gasteiger partial charge in [-0.05, 0) is 61.7 Å². The minimum absolute atomic E-state index is 0. The summed E-state index contributed by atoms with van der Waals surface area (Å²) in [6.45, 7) is 4.35. The summed E-state index contributed by atoms with van der Waals surface area (Å²) in [5.74, 6) is 0.553. The molecule has 0 atom stereocenters. The lowest BCUT2D eigenvalue weighted by atomic mass is 10.1. The van der Waals surface area contributed by atoms with Crippen LogP contribution in [0, 0.1) is 0 Å². The molecule has 0 radical (unpaired) electrons. The average Bonchev–Trinajstić information content (AvgIpc) is 3.42. The number of fused-ring (bicyclic) bond motifs is 1. The fraction of sp³-hybridized carbons (Fsp3) is 0.333. The molecule has 0 saturated carbocycles. The normalized spacial score (nSPS) is 14.2. The van der Waals surface area contributed by atoms with Gasteiger partial charge in [0.2, 0.25) is 0 Å². The van der Waals surface area contributed by atoms with Crippen LogP contribution in [0.4, 0.5) is 0 Å². The number of rotatable bonds is 8. The second kappa shape index (κ2) is 11.1. The van der Waals surface area contributed by atoms with E-state index >= 15 is 0 Å². The van der Waals surface area contributed by atoms with Crippen LogP contribution in [0.5, 0.6) is 0 Å². The first-order valence-electron chi connectivity index (χ1n) is 10.6. The van der Waals surface area contributed by atoms with E-state index in [9.17, 15) is 4.79 Å². The van der Waals surface area contributed by atoms with Crippen molar-refractivity contribution in [2.45, 2.75) is 32.2 Å². The van der Waals surface area contributed by atoms with E-state index in [-0.39, 0.29) is 12.4 Å². The quantitative estimate of drug-likeness (QED) is 0.317. The fourth-order valence-electron chi connectivity index (χ4n) is 4.10. The summed E-state index contributed by atoms with van der Waals surface area (Å²) in [5.41, 5.74) is 5.87. The predicted molar refractivity (Wildman–Crippen MR) is 125 cm³/mol. The lowest BCUT2D eigenvalue weighted by molar-refractivity contribution is -0.124. The number of hydroxylamine groups is 1. The fourth-order valence-corrected chi connectivity index (χ4v) is 4.10. The van der Waals surface area contributed by atoms with Gasteiger partial charge in [-0.2, -0.15) is 0 Å². The summed E-state index contributed by atoms with van der Waals surface area (Å²) in [7, 11) is 0. The minimum atomic E-state index is -0.546. The molecule has 1 fully saturated rings. The van der Waals surface area contributed by atoms with Crippen molar-refractivity contribution < 1.29 is 10.0 Å². The number of hydrogen-bond acceptors (Lipinski definition) is 4. The van der Waals surface area contributed by atoms with Crippen molar-refractivity contribution in [2.75, 3.05) is 19.6 Å². The lowest BCUT2D eigenvalue weighted by Gasteiger charge is -2.16. The average molecular weight is 441 g/mol. The molecule has 2 aromatic carbocycles. The lowest BCUT2D eigenvalue weighted by Crippen LogP contribution is -2.24. The van der Waals surface area contributed by atoms with E-state index in [0.29, 0.717) is 0 Å². The van der Waals surface area contributed by atoms with E-state index in [1.165, 1.54) is 37.6 Å². The second-order valence-corrected chi connectivity index (χ2v) is 7.77. The molecule has 0 bridgehead atoms. The SMILES string of the molecule is Cl.O=C(/C=C/c1ccc2c(c1)nc(CCc1ccccc1)n2CCN1CCCC1)NO. The van der Waals surface area contributed by atoms with Gasteiger partial charge in [-0.15, -0.1) is 12.4 Å². The number of aromatic nitrogens is 2. The number of carbonyl (C=O) groups is 1. The Balaban J connectivity index is 0.00000272. The molecule has 31 heavy (non-hydrogen) atoms. The molecular formula is C24H29ClN4O2. The van der Waals surface area contributed by atoms with Crippen LogP contribution in [0.15, 0.2) is 54.6 Å². The van der Waals surface area contributed by atoms with Crippen molar-refractivity contribution in [2.24, 2.45) is 0 Å². The summed E-state index contributed by atoms with van der Waals surface area (Å²) in [5, 5.41) is 8.66. The number of amides is 1. The van der Waals surface area contributed by atoms with Crippen LogP contribution in [-0.4, -0.2) is 45.2 Å². The largest absolute Gasteiger partial charge is 0.327 e. The molecule has 0 spiro atoms. The van der Waals surface area contributed by atoms with Crippen LogP contribution in [0.25, 0.3) is 17.1 Å². The molecule has 6 nitrogen and oxygen atoms in total. The first-order chi connectivity index (χ1) is 14.7. The van der Waals surface area contributed by atoms with Gasteiger partial charge < -0.3 is 9.47 Å². The number of nitrogens with one attached hydrogen (secondary N) is 1. The van der Waals surface area contributed by atoms with Gasteiger partial charge in [-0.25, -0.2) is 10.5 Å². The molecule has 1 aliphatic rings. The molecule has 2 N–H and O–H groups in total. The van der Waals surface area contributed by atoms with E-state index in [0.717, 1.165) is 48.4 Å². The molecule has 1 amide bonds. The number of aryl methyl sites for hydroxylation is 2. The third kappa shape index (κ3) is 5.94. The number of carbonyl (C=O) groups excluding carboxylic acids is 1. The number of nitrogens with zero attached hydrogens (tertiary/aromatic N) is 3. The van der Waals surface area contributed by atoms with Crippen LogP contribution >= 0.6 is 12.4 Å². The maximum absolute atomic E-state index is 11.3. The van der Waals surface area contributed by atoms with Crippen molar-refractivity contribution in [1.29, 1.82) is 0 Å².